The zero-order chi connectivity index (χ0) is 12.7. The zero-order valence-corrected chi connectivity index (χ0v) is 11.7. The molecule has 2 heteroatoms. The summed E-state index contributed by atoms with van der Waals surface area (Å²) in [6.45, 7) is 8.76. The number of aryl methyl sites for hydroxylation is 1. The molecule has 1 rings (SSSR count). The van der Waals surface area contributed by atoms with Crippen molar-refractivity contribution in [3.05, 3.63) is 29.8 Å². The van der Waals surface area contributed by atoms with Crippen molar-refractivity contribution < 1.29 is 0 Å². The van der Waals surface area contributed by atoms with Gasteiger partial charge in [-0.25, -0.2) is 0 Å². The fraction of sp³-hybridized carbons (Fsp3) is 0.600. The van der Waals surface area contributed by atoms with Crippen LogP contribution < -0.4 is 10.2 Å². The van der Waals surface area contributed by atoms with Crippen molar-refractivity contribution in [3.63, 3.8) is 0 Å². The first-order valence-corrected chi connectivity index (χ1v) is 6.68. The van der Waals surface area contributed by atoms with Crippen LogP contribution in [0.5, 0.6) is 0 Å². The van der Waals surface area contributed by atoms with Crippen LogP contribution in [-0.2, 0) is 0 Å². The predicted molar refractivity (Wildman–Crippen MR) is 76.8 cm³/mol. The summed E-state index contributed by atoms with van der Waals surface area (Å²) in [7, 11) is 2.17. The number of benzene rings is 1. The minimum absolute atomic E-state index is 0.584. The second-order valence-electron chi connectivity index (χ2n) is 4.78. The van der Waals surface area contributed by atoms with Gasteiger partial charge in [0.25, 0.3) is 0 Å². The maximum Gasteiger partial charge on any atom is 0.0364 e. The van der Waals surface area contributed by atoms with Crippen molar-refractivity contribution >= 4 is 5.69 Å². The lowest BCUT2D eigenvalue weighted by Crippen LogP contribution is -2.39. The van der Waals surface area contributed by atoms with Gasteiger partial charge in [-0.15, -0.1) is 0 Å². The summed E-state index contributed by atoms with van der Waals surface area (Å²) in [6.07, 6.45) is 2.38. The van der Waals surface area contributed by atoms with Crippen molar-refractivity contribution in [3.8, 4) is 0 Å². The van der Waals surface area contributed by atoms with Gasteiger partial charge in [-0.3, -0.25) is 0 Å². The highest BCUT2D eigenvalue weighted by molar-refractivity contribution is 5.46. The molecule has 0 bridgehead atoms. The summed E-state index contributed by atoms with van der Waals surface area (Å²) in [5.74, 6) is 0. The molecule has 1 atom stereocenters. The highest BCUT2D eigenvalue weighted by atomic mass is 15.1. The quantitative estimate of drug-likeness (QED) is 0.779. The SMILES string of the molecule is CCCNC(CC)CN(C)c1ccc(C)cc1. The Kier molecular flexibility index (Phi) is 6.06. The van der Waals surface area contributed by atoms with Gasteiger partial charge in [-0.2, -0.15) is 0 Å². The van der Waals surface area contributed by atoms with Crippen LogP contribution in [0, 0.1) is 6.92 Å². The van der Waals surface area contributed by atoms with Crippen LogP contribution in [0.1, 0.15) is 32.3 Å². The molecule has 0 aliphatic heterocycles. The summed E-state index contributed by atoms with van der Waals surface area (Å²) in [6, 6.07) is 9.32. The predicted octanol–water partition coefficient (Wildman–Crippen LogP) is 3.21. The molecule has 1 N–H and O–H groups in total. The highest BCUT2D eigenvalue weighted by Crippen LogP contribution is 2.14. The lowest BCUT2D eigenvalue weighted by atomic mass is 10.1. The van der Waals surface area contributed by atoms with Crippen molar-refractivity contribution in [2.75, 3.05) is 25.0 Å². The molecule has 0 aliphatic rings. The van der Waals surface area contributed by atoms with Crippen LogP contribution in [0.3, 0.4) is 0 Å². The third-order valence-electron chi connectivity index (χ3n) is 3.14. The smallest absolute Gasteiger partial charge is 0.0364 e. The second kappa shape index (κ2) is 7.33. The van der Waals surface area contributed by atoms with Crippen molar-refractivity contribution in [2.45, 2.75) is 39.7 Å². The van der Waals surface area contributed by atoms with Crippen molar-refractivity contribution in [1.82, 2.24) is 5.32 Å². The first kappa shape index (κ1) is 14.0. The lowest BCUT2D eigenvalue weighted by molar-refractivity contribution is 0.497. The maximum atomic E-state index is 3.59. The first-order chi connectivity index (χ1) is 8.17. The van der Waals surface area contributed by atoms with Gasteiger partial charge in [0, 0.05) is 25.3 Å². The third-order valence-corrected chi connectivity index (χ3v) is 3.14. The average molecular weight is 234 g/mol. The van der Waals surface area contributed by atoms with Crippen LogP contribution >= 0.6 is 0 Å². The molecule has 0 radical (unpaired) electrons. The van der Waals surface area contributed by atoms with Gasteiger partial charge in [0.1, 0.15) is 0 Å². The van der Waals surface area contributed by atoms with Crippen LogP contribution in [0.4, 0.5) is 5.69 Å². The van der Waals surface area contributed by atoms with E-state index >= 15 is 0 Å². The number of rotatable bonds is 7. The summed E-state index contributed by atoms with van der Waals surface area (Å²) < 4.78 is 0. The van der Waals surface area contributed by atoms with E-state index in [1.807, 2.05) is 0 Å². The Morgan fingerprint density at radius 1 is 1.18 bits per heavy atom. The van der Waals surface area contributed by atoms with Gasteiger partial charge in [0.15, 0.2) is 0 Å². The number of nitrogens with zero attached hydrogens (tertiary/aromatic N) is 1. The maximum absolute atomic E-state index is 3.59. The number of nitrogens with one attached hydrogen (secondary N) is 1. The van der Waals surface area contributed by atoms with Gasteiger partial charge in [0.2, 0.25) is 0 Å². The van der Waals surface area contributed by atoms with E-state index in [-0.39, 0.29) is 0 Å². The molecule has 1 aromatic carbocycles. The van der Waals surface area contributed by atoms with Crippen LogP contribution in [0.25, 0.3) is 0 Å². The first-order valence-electron chi connectivity index (χ1n) is 6.68. The van der Waals surface area contributed by atoms with E-state index in [2.05, 4.69) is 62.3 Å². The summed E-state index contributed by atoms with van der Waals surface area (Å²) >= 11 is 0. The zero-order valence-electron chi connectivity index (χ0n) is 11.7. The van der Waals surface area contributed by atoms with Crippen molar-refractivity contribution in [1.29, 1.82) is 0 Å². The Hall–Kier alpha value is -1.02. The van der Waals surface area contributed by atoms with Crippen LogP contribution in [-0.4, -0.2) is 26.2 Å². The summed E-state index contributed by atoms with van der Waals surface area (Å²) in [5, 5.41) is 3.59. The molecule has 0 aromatic heterocycles. The van der Waals surface area contributed by atoms with Crippen LogP contribution in [0.2, 0.25) is 0 Å². The number of hydrogen-bond acceptors (Lipinski definition) is 2. The summed E-state index contributed by atoms with van der Waals surface area (Å²) in [5.41, 5.74) is 2.62. The molecule has 1 aromatic rings. The molecular weight excluding hydrogens is 208 g/mol. The molecule has 0 heterocycles. The van der Waals surface area contributed by atoms with Crippen molar-refractivity contribution in [2.24, 2.45) is 0 Å². The molecule has 2 nitrogen and oxygen atoms in total. The van der Waals surface area contributed by atoms with E-state index in [4.69, 9.17) is 0 Å². The highest BCUT2D eigenvalue weighted by Gasteiger charge is 2.08. The molecule has 0 amide bonds. The van der Waals surface area contributed by atoms with E-state index in [1.54, 1.807) is 0 Å². The van der Waals surface area contributed by atoms with Gasteiger partial charge < -0.3 is 10.2 Å². The lowest BCUT2D eigenvalue weighted by Gasteiger charge is -2.26. The monoisotopic (exact) mass is 234 g/mol. The van der Waals surface area contributed by atoms with E-state index in [1.165, 1.54) is 24.1 Å². The van der Waals surface area contributed by atoms with Gasteiger partial charge in [-0.05, 0) is 38.4 Å². The minimum atomic E-state index is 0.584. The Morgan fingerprint density at radius 2 is 1.82 bits per heavy atom. The third kappa shape index (κ3) is 4.78. The number of anilines is 1. The fourth-order valence-corrected chi connectivity index (χ4v) is 1.92. The Balaban J connectivity index is 2.51. The molecule has 0 spiro atoms. The van der Waals surface area contributed by atoms with E-state index in [0.29, 0.717) is 6.04 Å². The molecule has 0 aliphatic carbocycles. The molecule has 0 fully saturated rings. The molecular formula is C15H26N2. The largest absolute Gasteiger partial charge is 0.373 e. The number of hydrogen-bond donors (Lipinski definition) is 1. The summed E-state index contributed by atoms with van der Waals surface area (Å²) in [4.78, 5) is 2.33. The fourth-order valence-electron chi connectivity index (χ4n) is 1.92. The Morgan fingerprint density at radius 3 is 2.35 bits per heavy atom. The number of likely N-dealkylation sites (N-methyl/N-ethyl adjacent to an activating group) is 1. The Bertz CT molecular complexity index is 305. The Labute approximate surface area is 106 Å². The van der Waals surface area contributed by atoms with E-state index < -0.39 is 0 Å². The molecule has 96 valence electrons. The average Bonchev–Trinajstić information content (AvgIpc) is 2.35. The van der Waals surface area contributed by atoms with E-state index in [0.717, 1.165) is 13.1 Å². The van der Waals surface area contributed by atoms with Gasteiger partial charge in [-0.1, -0.05) is 31.5 Å². The van der Waals surface area contributed by atoms with Gasteiger partial charge in [0.05, 0.1) is 0 Å². The normalized spacial score (nSPS) is 12.5. The van der Waals surface area contributed by atoms with E-state index in [9.17, 15) is 0 Å². The van der Waals surface area contributed by atoms with Crippen LogP contribution in [0.15, 0.2) is 24.3 Å². The molecule has 1 unspecified atom stereocenters. The molecule has 17 heavy (non-hydrogen) atoms. The molecule has 0 saturated heterocycles. The second-order valence-corrected chi connectivity index (χ2v) is 4.78. The minimum Gasteiger partial charge on any atom is -0.373 e. The topological polar surface area (TPSA) is 15.3 Å². The molecule has 0 saturated carbocycles. The van der Waals surface area contributed by atoms with Gasteiger partial charge >= 0.3 is 0 Å². The standard InChI is InChI=1S/C15H26N2/c1-5-11-16-14(6-2)12-17(4)15-9-7-13(3)8-10-15/h7-10,14,16H,5-6,11-12H2,1-4H3.